The summed E-state index contributed by atoms with van der Waals surface area (Å²) >= 11 is 0. The summed E-state index contributed by atoms with van der Waals surface area (Å²) < 4.78 is 38.2. The van der Waals surface area contributed by atoms with E-state index >= 15 is 0 Å². The molecule has 0 aliphatic rings. The van der Waals surface area contributed by atoms with Crippen molar-refractivity contribution in [3.8, 4) is 17.2 Å². The van der Waals surface area contributed by atoms with Crippen molar-refractivity contribution >= 4 is 10.1 Å². The summed E-state index contributed by atoms with van der Waals surface area (Å²) in [4.78, 5) is -0.134. The second-order valence-corrected chi connectivity index (χ2v) is 8.82. The van der Waals surface area contributed by atoms with Gasteiger partial charge in [0.05, 0.1) is 4.90 Å². The number of rotatable bonds is 13. The van der Waals surface area contributed by atoms with E-state index < -0.39 is 10.1 Å². The van der Waals surface area contributed by atoms with Crippen LogP contribution in [0.1, 0.15) is 70.3 Å². The molecule has 0 aliphatic heterocycles. The minimum atomic E-state index is -4.27. The van der Waals surface area contributed by atoms with Crippen molar-refractivity contribution in [3.05, 3.63) is 48.0 Å². The van der Waals surface area contributed by atoms with Crippen LogP contribution in [-0.2, 0) is 16.5 Å². The Morgan fingerprint density at radius 3 is 2.00 bits per heavy atom. The fourth-order valence-electron chi connectivity index (χ4n) is 3.27. The maximum absolute atomic E-state index is 11.5. The van der Waals surface area contributed by atoms with E-state index in [0.717, 1.165) is 24.8 Å². The third-order valence-corrected chi connectivity index (χ3v) is 5.78. The quantitative estimate of drug-likeness (QED) is 0.293. The van der Waals surface area contributed by atoms with Gasteiger partial charge in [-0.25, -0.2) is 0 Å². The topological polar surface area (TPSA) is 86.7 Å². The Balaban J connectivity index is 0.00000450. The molecule has 0 spiro atoms. The average Bonchev–Trinajstić information content (AvgIpc) is 2.68. The summed E-state index contributed by atoms with van der Waals surface area (Å²) in [5.41, 5.74) is 0.731. The van der Waals surface area contributed by atoms with Gasteiger partial charge in [-0.15, -0.1) is 5.75 Å². The predicted octanol–water partition coefficient (Wildman–Crippen LogP) is 2.88. The molecule has 0 bridgehead atoms. The molecule has 0 heterocycles. The molecule has 7 heteroatoms. The van der Waals surface area contributed by atoms with Gasteiger partial charge in [0.1, 0.15) is 11.5 Å². The van der Waals surface area contributed by atoms with Gasteiger partial charge in [0, 0.05) is 0 Å². The van der Waals surface area contributed by atoms with Gasteiger partial charge in [0.2, 0.25) is 0 Å². The fourth-order valence-corrected chi connectivity index (χ4v) is 3.80. The van der Waals surface area contributed by atoms with E-state index in [2.05, 4.69) is 6.92 Å². The number of hydrogen-bond donors (Lipinski definition) is 1. The largest absolute Gasteiger partial charge is 1.00 e. The van der Waals surface area contributed by atoms with Crippen LogP contribution in [-0.4, -0.2) is 13.0 Å². The van der Waals surface area contributed by atoms with E-state index in [9.17, 15) is 18.1 Å². The molecular weight excluding hydrogens is 411 g/mol. The first-order valence-electron chi connectivity index (χ1n) is 10.5. The van der Waals surface area contributed by atoms with Crippen LogP contribution in [0, 0.1) is 0 Å². The third kappa shape index (κ3) is 9.84. The number of hydrogen-bond acceptors (Lipinski definition) is 4. The average molecular weight is 443 g/mol. The number of ether oxygens (including phenoxy) is 1. The molecular formula is C23H31NaO5S. The Hall–Kier alpha value is -1.05. The Morgan fingerprint density at radius 1 is 0.867 bits per heavy atom. The van der Waals surface area contributed by atoms with E-state index in [1.165, 1.54) is 62.8 Å². The minimum absolute atomic E-state index is 0. The number of aryl methyl sites for hydroxylation is 1. The standard InChI is InChI=1S/C23H32O5S.Na/c1-2-3-4-5-6-7-8-9-10-11-19-18-22(29(25,26)27)16-17-23(19)28-21-14-12-20(24)13-15-21;/h12-18,24H,2-11H2,1H3,(H,25,26,27);/q;+1/p-1. The molecule has 0 saturated carbocycles. The molecule has 1 N–H and O–H groups in total. The van der Waals surface area contributed by atoms with Crippen LogP contribution in [0.2, 0.25) is 0 Å². The molecule has 2 rings (SSSR count). The van der Waals surface area contributed by atoms with Crippen molar-refractivity contribution in [3.63, 3.8) is 0 Å². The summed E-state index contributed by atoms with van der Waals surface area (Å²) in [7, 11) is -4.27. The molecule has 0 amide bonds. The first kappa shape index (κ1) is 27.0. The van der Waals surface area contributed by atoms with Crippen LogP contribution in [0.25, 0.3) is 0 Å². The first-order valence-corrected chi connectivity index (χ1v) is 11.9. The van der Waals surface area contributed by atoms with Crippen molar-refractivity contribution in [2.24, 2.45) is 0 Å². The van der Waals surface area contributed by atoms with Crippen molar-refractivity contribution < 1.29 is 52.4 Å². The molecule has 0 unspecified atom stereocenters. The van der Waals surface area contributed by atoms with Gasteiger partial charge in [-0.1, -0.05) is 70.4 Å². The van der Waals surface area contributed by atoms with Gasteiger partial charge in [0.25, 0.3) is 10.1 Å². The van der Waals surface area contributed by atoms with E-state index in [1.54, 1.807) is 18.2 Å². The Labute approximate surface area is 202 Å². The van der Waals surface area contributed by atoms with Crippen molar-refractivity contribution in [2.75, 3.05) is 0 Å². The molecule has 0 atom stereocenters. The molecule has 0 aromatic heterocycles. The molecule has 0 saturated heterocycles. The van der Waals surface area contributed by atoms with Gasteiger partial charge in [-0.05, 0) is 48.7 Å². The molecule has 30 heavy (non-hydrogen) atoms. The third-order valence-electron chi connectivity index (χ3n) is 4.93. The summed E-state index contributed by atoms with van der Waals surface area (Å²) in [6, 6.07) is 10.4. The molecule has 2 aromatic carbocycles. The van der Waals surface area contributed by atoms with Gasteiger partial charge in [0.15, 0.2) is 0 Å². The first-order chi connectivity index (χ1) is 13.9. The zero-order valence-electron chi connectivity index (χ0n) is 18.1. The molecule has 5 nitrogen and oxygen atoms in total. The van der Waals surface area contributed by atoms with Gasteiger partial charge in [-0.2, -0.15) is 8.42 Å². The molecule has 0 fully saturated rings. The SMILES string of the molecule is CCCCCCCCCCCc1cc(S(=O)(=O)O)ccc1Oc1ccc([O-])cc1.[Na+]. The van der Waals surface area contributed by atoms with Gasteiger partial charge >= 0.3 is 29.6 Å². The van der Waals surface area contributed by atoms with E-state index in [4.69, 9.17) is 4.74 Å². The molecule has 160 valence electrons. The Bertz CT molecular complexity index is 850. The summed E-state index contributed by atoms with van der Waals surface area (Å²) in [5, 5.41) is 11.2. The zero-order valence-corrected chi connectivity index (χ0v) is 20.9. The number of benzene rings is 2. The summed E-state index contributed by atoms with van der Waals surface area (Å²) in [6.45, 7) is 2.22. The van der Waals surface area contributed by atoms with Crippen LogP contribution in [0.3, 0.4) is 0 Å². The van der Waals surface area contributed by atoms with Crippen molar-refractivity contribution in [1.82, 2.24) is 0 Å². The van der Waals surface area contributed by atoms with Crippen LogP contribution in [0.15, 0.2) is 47.4 Å². The Kier molecular flexibility index (Phi) is 12.7. The maximum atomic E-state index is 11.5. The second-order valence-electron chi connectivity index (χ2n) is 7.40. The van der Waals surface area contributed by atoms with Crippen LogP contribution in [0.5, 0.6) is 17.2 Å². The van der Waals surface area contributed by atoms with E-state index in [1.807, 2.05) is 0 Å². The summed E-state index contributed by atoms with van der Waals surface area (Å²) in [5.74, 6) is 0.946. The smallest absolute Gasteiger partial charge is 0.872 e. The van der Waals surface area contributed by atoms with Gasteiger partial charge in [-0.3, -0.25) is 4.55 Å². The molecule has 0 aliphatic carbocycles. The normalized spacial score (nSPS) is 11.1. The second kappa shape index (κ2) is 14.1. The molecule has 2 aromatic rings. The van der Waals surface area contributed by atoms with Crippen molar-refractivity contribution in [2.45, 2.75) is 76.0 Å². The maximum Gasteiger partial charge on any atom is 1.00 e. The fraction of sp³-hybridized carbons (Fsp3) is 0.478. The number of unbranched alkanes of at least 4 members (excludes halogenated alkanes) is 8. The predicted molar refractivity (Wildman–Crippen MR) is 113 cm³/mol. The van der Waals surface area contributed by atoms with E-state index in [0.29, 0.717) is 17.9 Å². The van der Waals surface area contributed by atoms with Gasteiger partial charge < -0.3 is 9.84 Å². The minimum Gasteiger partial charge on any atom is -0.872 e. The zero-order chi connectivity index (χ0) is 21.1. The van der Waals surface area contributed by atoms with Crippen LogP contribution < -0.4 is 39.4 Å². The summed E-state index contributed by atoms with van der Waals surface area (Å²) in [6.07, 6.45) is 11.5. The molecule has 0 radical (unpaired) electrons. The van der Waals surface area contributed by atoms with Crippen LogP contribution >= 0.6 is 0 Å². The van der Waals surface area contributed by atoms with Crippen molar-refractivity contribution in [1.29, 1.82) is 0 Å². The van der Waals surface area contributed by atoms with E-state index in [-0.39, 0.29) is 40.2 Å². The van der Waals surface area contributed by atoms with Crippen LogP contribution in [0.4, 0.5) is 0 Å². The monoisotopic (exact) mass is 442 g/mol. The Morgan fingerprint density at radius 2 is 1.43 bits per heavy atom.